The summed E-state index contributed by atoms with van der Waals surface area (Å²) < 4.78 is 1.68. The average molecular weight is 178 g/mol. The van der Waals surface area contributed by atoms with Gasteiger partial charge in [-0.25, -0.2) is 0 Å². The molecule has 0 saturated carbocycles. The SMILES string of the molecule is Cc1csc(=O)n1CCCl. The molecule has 4 heteroatoms. The fraction of sp³-hybridized carbons (Fsp3) is 0.500. The lowest BCUT2D eigenvalue weighted by Crippen LogP contribution is -2.15. The molecule has 1 rings (SSSR count). The van der Waals surface area contributed by atoms with Gasteiger partial charge in [0.1, 0.15) is 0 Å². The number of aromatic nitrogens is 1. The molecule has 1 heterocycles. The minimum absolute atomic E-state index is 0.0816. The number of rotatable bonds is 2. The second-order valence-electron chi connectivity index (χ2n) is 1.98. The van der Waals surface area contributed by atoms with Crippen molar-refractivity contribution in [1.82, 2.24) is 4.57 Å². The number of thiazole rings is 1. The summed E-state index contributed by atoms with van der Waals surface area (Å²) in [4.78, 5) is 11.0. The molecule has 0 aliphatic heterocycles. The molecule has 0 radical (unpaired) electrons. The second kappa shape index (κ2) is 3.21. The Labute approximate surface area is 68.1 Å². The van der Waals surface area contributed by atoms with E-state index >= 15 is 0 Å². The van der Waals surface area contributed by atoms with Crippen molar-refractivity contribution in [2.75, 3.05) is 5.88 Å². The van der Waals surface area contributed by atoms with E-state index in [1.54, 1.807) is 4.57 Å². The van der Waals surface area contributed by atoms with Crippen LogP contribution in [0, 0.1) is 6.92 Å². The summed E-state index contributed by atoms with van der Waals surface area (Å²) in [6.07, 6.45) is 0. The topological polar surface area (TPSA) is 22.0 Å². The van der Waals surface area contributed by atoms with Crippen LogP contribution in [-0.2, 0) is 6.54 Å². The number of halogens is 1. The fourth-order valence-electron chi connectivity index (χ4n) is 0.759. The normalized spacial score (nSPS) is 10.2. The highest BCUT2D eigenvalue weighted by Crippen LogP contribution is 1.98. The molecule has 2 nitrogen and oxygen atoms in total. The van der Waals surface area contributed by atoms with Crippen molar-refractivity contribution < 1.29 is 0 Å². The standard InChI is InChI=1S/C6H8ClNOS/c1-5-4-10-6(9)8(5)3-2-7/h4H,2-3H2,1H3. The van der Waals surface area contributed by atoms with Crippen LogP contribution >= 0.6 is 22.9 Å². The first kappa shape index (κ1) is 7.82. The Morgan fingerprint density at radius 1 is 1.80 bits per heavy atom. The van der Waals surface area contributed by atoms with Crippen LogP contribution in [0.15, 0.2) is 10.2 Å². The molecule has 0 unspecified atom stereocenters. The predicted molar refractivity (Wildman–Crippen MR) is 44.0 cm³/mol. The summed E-state index contributed by atoms with van der Waals surface area (Å²) in [5.74, 6) is 0.498. The van der Waals surface area contributed by atoms with E-state index in [0.717, 1.165) is 5.69 Å². The Kier molecular flexibility index (Phi) is 2.51. The Bertz CT molecular complexity index is 265. The van der Waals surface area contributed by atoms with Crippen LogP contribution in [0.3, 0.4) is 0 Å². The van der Waals surface area contributed by atoms with Gasteiger partial charge in [-0.2, -0.15) is 0 Å². The van der Waals surface area contributed by atoms with E-state index in [1.165, 1.54) is 11.3 Å². The zero-order valence-corrected chi connectivity index (χ0v) is 7.21. The van der Waals surface area contributed by atoms with Gasteiger partial charge in [0, 0.05) is 23.5 Å². The third kappa shape index (κ3) is 1.41. The van der Waals surface area contributed by atoms with Gasteiger partial charge in [-0.05, 0) is 6.92 Å². The quantitative estimate of drug-likeness (QED) is 0.627. The molecule has 0 amide bonds. The number of aryl methyl sites for hydroxylation is 1. The Balaban J connectivity index is 2.99. The van der Waals surface area contributed by atoms with Crippen molar-refractivity contribution in [3.63, 3.8) is 0 Å². The van der Waals surface area contributed by atoms with Crippen molar-refractivity contribution in [2.24, 2.45) is 0 Å². The van der Waals surface area contributed by atoms with Crippen LogP contribution < -0.4 is 4.87 Å². The number of hydrogen-bond donors (Lipinski definition) is 0. The van der Waals surface area contributed by atoms with Crippen molar-refractivity contribution in [1.29, 1.82) is 0 Å². The van der Waals surface area contributed by atoms with Crippen molar-refractivity contribution in [3.8, 4) is 0 Å². The van der Waals surface area contributed by atoms with E-state index in [4.69, 9.17) is 11.6 Å². The number of hydrogen-bond acceptors (Lipinski definition) is 2. The third-order valence-corrected chi connectivity index (χ3v) is 2.33. The lowest BCUT2D eigenvalue weighted by atomic mass is 10.5. The van der Waals surface area contributed by atoms with Gasteiger partial charge < -0.3 is 4.57 Å². The van der Waals surface area contributed by atoms with Gasteiger partial charge in [0.15, 0.2) is 0 Å². The van der Waals surface area contributed by atoms with E-state index < -0.39 is 0 Å². The fourth-order valence-corrected chi connectivity index (χ4v) is 1.69. The van der Waals surface area contributed by atoms with Crippen LogP contribution in [0.5, 0.6) is 0 Å². The summed E-state index contributed by atoms with van der Waals surface area (Å²) in [7, 11) is 0. The van der Waals surface area contributed by atoms with Gasteiger partial charge in [0.05, 0.1) is 0 Å². The monoisotopic (exact) mass is 177 g/mol. The lowest BCUT2D eigenvalue weighted by Gasteiger charge is -1.97. The first-order valence-corrected chi connectivity index (χ1v) is 4.38. The molecule has 10 heavy (non-hydrogen) atoms. The van der Waals surface area contributed by atoms with E-state index in [9.17, 15) is 4.79 Å². The zero-order chi connectivity index (χ0) is 7.56. The van der Waals surface area contributed by atoms with Crippen molar-refractivity contribution in [3.05, 3.63) is 20.7 Å². The molecule has 0 spiro atoms. The number of alkyl halides is 1. The second-order valence-corrected chi connectivity index (χ2v) is 3.18. The molecular formula is C6H8ClNOS. The van der Waals surface area contributed by atoms with Crippen LogP contribution in [0.25, 0.3) is 0 Å². The maximum atomic E-state index is 11.0. The lowest BCUT2D eigenvalue weighted by molar-refractivity contribution is 0.728. The Morgan fingerprint density at radius 3 is 2.90 bits per heavy atom. The summed E-state index contributed by atoms with van der Waals surface area (Å²) in [6.45, 7) is 2.53. The first-order valence-electron chi connectivity index (χ1n) is 2.96. The molecule has 1 aromatic heterocycles. The van der Waals surface area contributed by atoms with Gasteiger partial charge in [-0.3, -0.25) is 4.79 Å². The Morgan fingerprint density at radius 2 is 2.50 bits per heavy atom. The molecule has 0 N–H and O–H groups in total. The van der Waals surface area contributed by atoms with Crippen LogP contribution in [0.2, 0.25) is 0 Å². The van der Waals surface area contributed by atoms with Gasteiger partial charge in [0.25, 0.3) is 0 Å². The summed E-state index contributed by atoms with van der Waals surface area (Å²) in [5, 5.41) is 1.84. The minimum atomic E-state index is 0.0816. The molecule has 0 bridgehead atoms. The maximum Gasteiger partial charge on any atom is 0.307 e. The van der Waals surface area contributed by atoms with E-state index in [2.05, 4.69) is 0 Å². The highest BCUT2D eigenvalue weighted by atomic mass is 35.5. The first-order chi connectivity index (χ1) is 4.75. The minimum Gasteiger partial charge on any atom is -0.302 e. The highest BCUT2D eigenvalue weighted by Gasteiger charge is 1.99. The van der Waals surface area contributed by atoms with Crippen LogP contribution in [0.1, 0.15) is 5.69 Å². The molecule has 1 aromatic rings. The molecule has 56 valence electrons. The van der Waals surface area contributed by atoms with Crippen molar-refractivity contribution >= 4 is 22.9 Å². The number of nitrogens with zero attached hydrogens (tertiary/aromatic N) is 1. The molecule has 0 saturated heterocycles. The highest BCUT2D eigenvalue weighted by molar-refractivity contribution is 7.07. The largest absolute Gasteiger partial charge is 0.307 e. The van der Waals surface area contributed by atoms with Gasteiger partial charge in [-0.1, -0.05) is 11.3 Å². The van der Waals surface area contributed by atoms with Gasteiger partial charge in [-0.15, -0.1) is 11.6 Å². The maximum absolute atomic E-state index is 11.0. The van der Waals surface area contributed by atoms with Gasteiger partial charge >= 0.3 is 4.87 Å². The summed E-state index contributed by atoms with van der Waals surface area (Å²) in [5.41, 5.74) is 0.996. The van der Waals surface area contributed by atoms with Crippen LogP contribution in [0.4, 0.5) is 0 Å². The molecule has 0 aromatic carbocycles. The molecule has 0 aliphatic rings. The molecule has 0 atom stereocenters. The third-order valence-electron chi connectivity index (χ3n) is 1.28. The summed E-state index contributed by atoms with van der Waals surface area (Å²) >= 11 is 6.70. The molecule has 0 aliphatic carbocycles. The van der Waals surface area contributed by atoms with Crippen LogP contribution in [-0.4, -0.2) is 10.4 Å². The average Bonchev–Trinajstić information content (AvgIpc) is 2.20. The zero-order valence-electron chi connectivity index (χ0n) is 5.63. The van der Waals surface area contributed by atoms with Crippen molar-refractivity contribution in [2.45, 2.75) is 13.5 Å². The smallest absolute Gasteiger partial charge is 0.302 e. The van der Waals surface area contributed by atoms with E-state index in [1.807, 2.05) is 12.3 Å². The summed E-state index contributed by atoms with van der Waals surface area (Å²) in [6, 6.07) is 0. The molecular weight excluding hydrogens is 170 g/mol. The van der Waals surface area contributed by atoms with E-state index in [0.29, 0.717) is 12.4 Å². The Hall–Kier alpha value is -0.280. The van der Waals surface area contributed by atoms with E-state index in [-0.39, 0.29) is 4.87 Å². The molecule has 0 fully saturated rings. The van der Waals surface area contributed by atoms with Gasteiger partial charge in [0.2, 0.25) is 0 Å². The predicted octanol–water partition coefficient (Wildman–Crippen LogP) is 1.46.